The molecule has 5 aromatic rings. The number of halogens is 2. The maximum Gasteiger partial charge on any atom is 0.317 e. The van der Waals surface area contributed by atoms with Gasteiger partial charge in [-0.1, -0.05) is 12.0 Å². The van der Waals surface area contributed by atoms with Crippen LogP contribution in [0.15, 0.2) is 36.7 Å². The molecule has 0 radical (unpaired) electrons. The summed E-state index contributed by atoms with van der Waals surface area (Å²) in [6, 6.07) is 5.53. The minimum atomic E-state index is -0.769. The molecule has 0 atom stereocenters. The summed E-state index contributed by atoms with van der Waals surface area (Å²) in [7, 11) is 0. The van der Waals surface area contributed by atoms with Crippen molar-refractivity contribution in [1.29, 1.82) is 0 Å². The van der Waals surface area contributed by atoms with Gasteiger partial charge in [0.2, 0.25) is 0 Å². The first-order valence-corrected chi connectivity index (χ1v) is 14.7. The third-order valence-electron chi connectivity index (χ3n) is 9.29. The fourth-order valence-electron chi connectivity index (χ4n) is 7.18. The first-order valence-electron chi connectivity index (χ1n) is 14.7. The van der Waals surface area contributed by atoms with Gasteiger partial charge in [-0.25, -0.2) is 8.78 Å². The van der Waals surface area contributed by atoms with Crippen LogP contribution in [-0.4, -0.2) is 66.6 Å². The van der Waals surface area contributed by atoms with Gasteiger partial charge in [0.1, 0.15) is 29.4 Å². The molecule has 6 heterocycles. The van der Waals surface area contributed by atoms with E-state index in [0.29, 0.717) is 48.4 Å². The predicted octanol–water partition coefficient (Wildman–Crippen LogP) is 5.21. The molecule has 3 aliphatic heterocycles. The second kappa shape index (κ2) is 10.2. The van der Waals surface area contributed by atoms with Crippen LogP contribution < -0.4 is 4.74 Å². The van der Waals surface area contributed by atoms with Crippen molar-refractivity contribution < 1.29 is 23.4 Å². The molecular formula is C33H28F2N6O3. The lowest BCUT2D eigenvalue weighted by atomic mass is 9.95. The third kappa shape index (κ3) is 4.12. The van der Waals surface area contributed by atoms with Gasteiger partial charge in [0.15, 0.2) is 5.82 Å². The van der Waals surface area contributed by atoms with Crippen molar-refractivity contribution in [1.82, 2.24) is 29.6 Å². The number of pyridine rings is 1. The molecule has 0 amide bonds. The Morgan fingerprint density at radius 1 is 1.05 bits per heavy atom. The number of phenolic OH excluding ortho intramolecular Hbond substituents is 1. The molecule has 8 rings (SSSR count). The Morgan fingerprint density at radius 3 is 2.70 bits per heavy atom. The van der Waals surface area contributed by atoms with Crippen molar-refractivity contribution in [2.24, 2.45) is 0 Å². The fraction of sp³-hybridized carbons (Fsp3) is 0.333. The van der Waals surface area contributed by atoms with E-state index in [2.05, 4.69) is 25.9 Å². The average Bonchev–Trinajstić information content (AvgIpc) is 3.74. The molecule has 44 heavy (non-hydrogen) atoms. The Balaban J connectivity index is 1.33. The lowest BCUT2D eigenvalue weighted by Crippen LogP contribution is -2.43. The van der Waals surface area contributed by atoms with Crippen LogP contribution >= 0.6 is 0 Å². The van der Waals surface area contributed by atoms with Gasteiger partial charge in [-0.05, 0) is 62.4 Å². The SMILES string of the molecule is C#Cc1c(F)ccc2cc(O)cc(-c3ncc4c(-c5cnn6c5COCC6)nc(OCC56CCCN5CCC6)nc4c3F)c12. The number of phenols is 1. The van der Waals surface area contributed by atoms with Crippen LogP contribution in [0.5, 0.6) is 11.8 Å². The van der Waals surface area contributed by atoms with Crippen LogP contribution in [0.2, 0.25) is 0 Å². The van der Waals surface area contributed by atoms with E-state index in [1.165, 1.54) is 30.5 Å². The van der Waals surface area contributed by atoms with Crippen LogP contribution in [0.1, 0.15) is 36.9 Å². The van der Waals surface area contributed by atoms with E-state index in [4.69, 9.17) is 20.9 Å². The molecule has 0 bridgehead atoms. The zero-order valence-electron chi connectivity index (χ0n) is 23.8. The van der Waals surface area contributed by atoms with Crippen molar-refractivity contribution in [2.75, 3.05) is 26.3 Å². The highest BCUT2D eigenvalue weighted by Gasteiger charge is 2.45. The number of aromatic hydroxyl groups is 1. The molecule has 2 saturated heterocycles. The standard InChI is InChI=1S/C33H28F2N6O3/c1-2-21-25(34)6-5-19-13-20(42)14-22(27(19)21)30-28(35)31-24(15-36-30)29(23-16-37-41-11-12-43-17-26(23)41)38-32(39-31)44-18-33-7-3-9-40(33)10-4-8-33/h1,5-6,13-16,42H,3-4,7-12,17-18H2. The van der Waals surface area contributed by atoms with Gasteiger partial charge < -0.3 is 14.6 Å². The van der Waals surface area contributed by atoms with Crippen LogP contribution in [0.4, 0.5) is 8.78 Å². The number of aromatic nitrogens is 5. The van der Waals surface area contributed by atoms with Crippen LogP contribution in [0.3, 0.4) is 0 Å². The number of nitrogens with zero attached hydrogens (tertiary/aromatic N) is 6. The number of benzene rings is 2. The van der Waals surface area contributed by atoms with E-state index in [1.807, 2.05) is 4.68 Å². The van der Waals surface area contributed by atoms with E-state index in [1.54, 1.807) is 6.20 Å². The number of ether oxygens (including phenoxy) is 2. The van der Waals surface area contributed by atoms with Crippen LogP contribution in [0.25, 0.3) is 44.2 Å². The molecule has 2 aromatic carbocycles. The molecule has 222 valence electrons. The first kappa shape index (κ1) is 26.9. The normalized spacial score (nSPS) is 17.6. The summed E-state index contributed by atoms with van der Waals surface area (Å²) in [4.78, 5) is 16.3. The molecule has 11 heteroatoms. The van der Waals surface area contributed by atoms with E-state index in [-0.39, 0.29) is 45.0 Å². The summed E-state index contributed by atoms with van der Waals surface area (Å²) in [6.45, 7) is 3.95. The Kier molecular flexibility index (Phi) is 6.25. The second-order valence-electron chi connectivity index (χ2n) is 11.7. The highest BCUT2D eigenvalue weighted by molar-refractivity contribution is 6.03. The molecule has 2 fully saturated rings. The number of terminal acetylenes is 1. The van der Waals surface area contributed by atoms with Crippen molar-refractivity contribution in [3.8, 4) is 46.6 Å². The molecule has 3 aromatic heterocycles. The largest absolute Gasteiger partial charge is 0.508 e. The highest BCUT2D eigenvalue weighted by Crippen LogP contribution is 2.41. The van der Waals surface area contributed by atoms with E-state index < -0.39 is 11.6 Å². The van der Waals surface area contributed by atoms with Crippen molar-refractivity contribution >= 4 is 21.7 Å². The van der Waals surface area contributed by atoms with E-state index in [9.17, 15) is 9.50 Å². The van der Waals surface area contributed by atoms with Gasteiger partial charge >= 0.3 is 6.01 Å². The van der Waals surface area contributed by atoms with Gasteiger partial charge in [0.05, 0.1) is 48.4 Å². The monoisotopic (exact) mass is 594 g/mol. The molecule has 9 nitrogen and oxygen atoms in total. The molecule has 0 spiro atoms. The average molecular weight is 595 g/mol. The van der Waals surface area contributed by atoms with Gasteiger partial charge in [-0.3, -0.25) is 14.6 Å². The molecule has 1 N–H and O–H groups in total. The molecular weight excluding hydrogens is 566 g/mol. The molecule has 3 aliphatic rings. The maximum atomic E-state index is 16.8. The fourth-order valence-corrected chi connectivity index (χ4v) is 7.18. The topological polar surface area (TPSA) is 98.4 Å². The Bertz CT molecular complexity index is 2010. The smallest absolute Gasteiger partial charge is 0.317 e. The summed E-state index contributed by atoms with van der Waals surface area (Å²) in [5.74, 6) is 0.834. The molecule has 0 saturated carbocycles. The Labute approximate surface area is 251 Å². The van der Waals surface area contributed by atoms with E-state index >= 15 is 4.39 Å². The van der Waals surface area contributed by atoms with Crippen LogP contribution in [0, 0.1) is 24.0 Å². The lowest BCUT2D eigenvalue weighted by Gasteiger charge is -2.31. The summed E-state index contributed by atoms with van der Waals surface area (Å²) < 4.78 is 45.4. The summed E-state index contributed by atoms with van der Waals surface area (Å²) in [5, 5.41) is 16.1. The zero-order chi connectivity index (χ0) is 30.0. The van der Waals surface area contributed by atoms with Gasteiger partial charge in [-0.15, -0.1) is 6.42 Å². The Hall–Kier alpha value is -4.66. The minimum Gasteiger partial charge on any atom is -0.508 e. The van der Waals surface area contributed by atoms with Crippen molar-refractivity contribution in [3.05, 3.63) is 59.6 Å². The third-order valence-corrected chi connectivity index (χ3v) is 9.29. The van der Waals surface area contributed by atoms with Crippen molar-refractivity contribution in [3.63, 3.8) is 0 Å². The van der Waals surface area contributed by atoms with Crippen LogP contribution in [-0.2, 0) is 17.9 Å². The second-order valence-corrected chi connectivity index (χ2v) is 11.7. The molecule has 0 unspecified atom stereocenters. The number of hydrogen-bond donors (Lipinski definition) is 1. The summed E-state index contributed by atoms with van der Waals surface area (Å²) >= 11 is 0. The maximum absolute atomic E-state index is 16.8. The van der Waals surface area contributed by atoms with Gasteiger partial charge in [-0.2, -0.15) is 15.1 Å². The summed E-state index contributed by atoms with van der Waals surface area (Å²) in [6.07, 6.45) is 13.1. The van der Waals surface area contributed by atoms with Crippen molar-refractivity contribution in [2.45, 2.75) is 44.4 Å². The molecule has 0 aliphatic carbocycles. The number of fused-ring (bicyclic) bond motifs is 4. The first-order chi connectivity index (χ1) is 21.5. The number of hydrogen-bond acceptors (Lipinski definition) is 8. The van der Waals surface area contributed by atoms with Gasteiger partial charge in [0, 0.05) is 28.1 Å². The predicted molar refractivity (Wildman–Crippen MR) is 159 cm³/mol. The minimum absolute atomic E-state index is 0.0194. The zero-order valence-corrected chi connectivity index (χ0v) is 23.8. The summed E-state index contributed by atoms with van der Waals surface area (Å²) in [5.41, 5.74) is 1.81. The quantitative estimate of drug-likeness (QED) is 0.277. The highest BCUT2D eigenvalue weighted by atomic mass is 19.1. The van der Waals surface area contributed by atoms with Gasteiger partial charge in [0.25, 0.3) is 0 Å². The number of rotatable bonds is 5. The lowest BCUT2D eigenvalue weighted by molar-refractivity contribution is 0.0804. The Morgan fingerprint density at radius 2 is 1.89 bits per heavy atom. The van der Waals surface area contributed by atoms with E-state index in [0.717, 1.165) is 44.5 Å².